The van der Waals surface area contributed by atoms with E-state index in [2.05, 4.69) is 5.32 Å². The maximum Gasteiger partial charge on any atom is 0.306 e. The molecule has 2 N–H and O–H groups in total. The Labute approximate surface area is 152 Å². The molecular weight excluding hydrogens is 339 g/mol. The number of hydrogen-bond acceptors (Lipinski definition) is 3. The van der Waals surface area contributed by atoms with Gasteiger partial charge in [0.2, 0.25) is 11.8 Å². The molecule has 6 nitrogen and oxygen atoms in total. The normalized spacial score (nSPS) is 19.6. The first-order valence-corrected chi connectivity index (χ1v) is 8.93. The second-order valence-electron chi connectivity index (χ2n) is 6.65. The van der Waals surface area contributed by atoms with Crippen LogP contribution in [0.4, 0.5) is 4.39 Å². The van der Waals surface area contributed by atoms with Crippen molar-refractivity contribution in [1.82, 2.24) is 10.2 Å². The van der Waals surface area contributed by atoms with Gasteiger partial charge in [0.1, 0.15) is 5.82 Å². The molecule has 0 aromatic heterocycles. The highest BCUT2D eigenvalue weighted by Gasteiger charge is 2.33. The number of carboxylic acids is 1. The van der Waals surface area contributed by atoms with E-state index in [1.54, 1.807) is 19.1 Å². The second-order valence-corrected chi connectivity index (χ2v) is 6.65. The number of carboxylic acid groups (broad SMARTS) is 1. The fraction of sp³-hybridized carbons (Fsp3) is 0.526. The molecule has 1 saturated carbocycles. The van der Waals surface area contributed by atoms with Crippen molar-refractivity contribution in [3.8, 4) is 0 Å². The van der Waals surface area contributed by atoms with E-state index in [1.165, 1.54) is 17.0 Å². The van der Waals surface area contributed by atoms with Crippen molar-refractivity contribution in [3.05, 3.63) is 35.6 Å². The SMILES string of the molecule is CCN(CC(=O)NCc1ccc(F)cc1)C(=O)C1CCCC(C(=O)O)C1. The Hall–Kier alpha value is -2.44. The van der Waals surface area contributed by atoms with Crippen LogP contribution in [0.3, 0.4) is 0 Å². The second kappa shape index (κ2) is 9.31. The largest absolute Gasteiger partial charge is 0.481 e. The average molecular weight is 364 g/mol. The van der Waals surface area contributed by atoms with Crippen LogP contribution in [-0.2, 0) is 20.9 Å². The highest BCUT2D eigenvalue weighted by molar-refractivity contribution is 5.86. The average Bonchev–Trinajstić information content (AvgIpc) is 2.65. The highest BCUT2D eigenvalue weighted by atomic mass is 19.1. The number of carbonyl (C=O) groups is 3. The summed E-state index contributed by atoms with van der Waals surface area (Å²) in [6.45, 7) is 2.37. The first-order valence-electron chi connectivity index (χ1n) is 8.93. The van der Waals surface area contributed by atoms with Gasteiger partial charge < -0.3 is 15.3 Å². The van der Waals surface area contributed by atoms with Gasteiger partial charge in [0.15, 0.2) is 0 Å². The Balaban J connectivity index is 1.86. The number of amides is 2. The van der Waals surface area contributed by atoms with Crippen LogP contribution in [0.1, 0.15) is 38.2 Å². The maximum absolute atomic E-state index is 12.9. The maximum atomic E-state index is 12.9. The van der Waals surface area contributed by atoms with E-state index >= 15 is 0 Å². The van der Waals surface area contributed by atoms with Crippen LogP contribution in [0.2, 0.25) is 0 Å². The quantitative estimate of drug-likeness (QED) is 0.776. The van der Waals surface area contributed by atoms with Crippen molar-refractivity contribution in [2.75, 3.05) is 13.1 Å². The van der Waals surface area contributed by atoms with Gasteiger partial charge in [-0.25, -0.2) is 4.39 Å². The third kappa shape index (κ3) is 5.54. The van der Waals surface area contributed by atoms with Crippen LogP contribution in [-0.4, -0.2) is 40.9 Å². The molecule has 1 aliphatic rings. The first kappa shape index (κ1) is 19.9. The van der Waals surface area contributed by atoms with Crippen molar-refractivity contribution in [3.63, 3.8) is 0 Å². The van der Waals surface area contributed by atoms with E-state index in [4.69, 9.17) is 5.11 Å². The molecule has 0 heterocycles. The predicted molar refractivity (Wildman–Crippen MR) is 93.6 cm³/mol. The fourth-order valence-electron chi connectivity index (χ4n) is 3.27. The Kier molecular flexibility index (Phi) is 7.12. The van der Waals surface area contributed by atoms with Gasteiger partial charge in [-0.3, -0.25) is 14.4 Å². The van der Waals surface area contributed by atoms with E-state index in [-0.39, 0.29) is 36.6 Å². The van der Waals surface area contributed by atoms with Crippen LogP contribution >= 0.6 is 0 Å². The summed E-state index contributed by atoms with van der Waals surface area (Å²) in [4.78, 5) is 37.4. The molecule has 1 aromatic rings. The predicted octanol–water partition coefficient (Wildman–Crippen LogP) is 2.18. The summed E-state index contributed by atoms with van der Waals surface area (Å²) in [7, 11) is 0. The molecule has 7 heteroatoms. The van der Waals surface area contributed by atoms with E-state index in [1.807, 2.05) is 0 Å². The van der Waals surface area contributed by atoms with Gasteiger partial charge >= 0.3 is 5.97 Å². The zero-order chi connectivity index (χ0) is 19.1. The lowest BCUT2D eigenvalue weighted by molar-refractivity contribution is -0.146. The van der Waals surface area contributed by atoms with Crippen molar-refractivity contribution in [2.45, 2.75) is 39.2 Å². The molecule has 1 aromatic carbocycles. The molecule has 26 heavy (non-hydrogen) atoms. The summed E-state index contributed by atoms with van der Waals surface area (Å²) in [5, 5.41) is 11.9. The number of carbonyl (C=O) groups excluding carboxylic acids is 2. The minimum Gasteiger partial charge on any atom is -0.481 e. The standard InChI is InChI=1S/C19H25FN2O4/c1-2-22(18(24)14-4-3-5-15(10-14)19(25)26)12-17(23)21-11-13-6-8-16(20)9-7-13/h6-9,14-15H,2-5,10-12H2,1H3,(H,21,23)(H,25,26). The summed E-state index contributed by atoms with van der Waals surface area (Å²) < 4.78 is 12.9. The zero-order valence-electron chi connectivity index (χ0n) is 14.9. The Morgan fingerprint density at radius 1 is 1.19 bits per heavy atom. The van der Waals surface area contributed by atoms with Crippen molar-refractivity contribution in [2.24, 2.45) is 11.8 Å². The number of nitrogens with one attached hydrogen (secondary N) is 1. The number of halogens is 1. The highest BCUT2D eigenvalue weighted by Crippen LogP contribution is 2.30. The molecule has 142 valence electrons. The number of likely N-dealkylation sites (N-methyl/N-ethyl adjacent to an activating group) is 1. The van der Waals surface area contributed by atoms with E-state index in [0.29, 0.717) is 32.2 Å². The van der Waals surface area contributed by atoms with Gasteiger partial charge in [-0.05, 0) is 43.9 Å². The van der Waals surface area contributed by atoms with E-state index in [9.17, 15) is 18.8 Å². The topological polar surface area (TPSA) is 86.7 Å². The molecule has 0 bridgehead atoms. The van der Waals surface area contributed by atoms with Crippen LogP contribution in [0, 0.1) is 17.7 Å². The molecule has 0 aliphatic heterocycles. The van der Waals surface area contributed by atoms with Gasteiger partial charge in [-0.15, -0.1) is 0 Å². The lowest BCUT2D eigenvalue weighted by Crippen LogP contribution is -2.44. The molecule has 2 atom stereocenters. The molecular formula is C19H25FN2O4. The van der Waals surface area contributed by atoms with Crippen LogP contribution in [0.5, 0.6) is 0 Å². The molecule has 1 aliphatic carbocycles. The van der Waals surface area contributed by atoms with Crippen molar-refractivity contribution in [1.29, 1.82) is 0 Å². The van der Waals surface area contributed by atoms with Crippen molar-refractivity contribution < 1.29 is 23.9 Å². The van der Waals surface area contributed by atoms with Crippen LogP contribution < -0.4 is 5.32 Å². The molecule has 2 rings (SSSR count). The number of nitrogens with zero attached hydrogens (tertiary/aromatic N) is 1. The van der Waals surface area contributed by atoms with Crippen LogP contribution in [0.25, 0.3) is 0 Å². The lowest BCUT2D eigenvalue weighted by atomic mass is 9.80. The van der Waals surface area contributed by atoms with Gasteiger partial charge in [0.05, 0.1) is 12.5 Å². The van der Waals surface area contributed by atoms with Gasteiger partial charge in [-0.1, -0.05) is 18.6 Å². The fourth-order valence-corrected chi connectivity index (χ4v) is 3.27. The van der Waals surface area contributed by atoms with Gasteiger partial charge in [0.25, 0.3) is 0 Å². The third-order valence-corrected chi connectivity index (χ3v) is 4.80. The monoisotopic (exact) mass is 364 g/mol. The van der Waals surface area contributed by atoms with Crippen molar-refractivity contribution >= 4 is 17.8 Å². The lowest BCUT2D eigenvalue weighted by Gasteiger charge is -2.30. The number of benzene rings is 1. The molecule has 2 unspecified atom stereocenters. The zero-order valence-corrected chi connectivity index (χ0v) is 14.9. The number of hydrogen-bond donors (Lipinski definition) is 2. The van der Waals surface area contributed by atoms with E-state index < -0.39 is 11.9 Å². The Bertz CT molecular complexity index is 647. The minimum absolute atomic E-state index is 0.0647. The number of rotatable bonds is 7. The van der Waals surface area contributed by atoms with Gasteiger partial charge in [0, 0.05) is 19.0 Å². The molecule has 0 spiro atoms. The molecule has 2 amide bonds. The third-order valence-electron chi connectivity index (χ3n) is 4.80. The Morgan fingerprint density at radius 3 is 2.46 bits per heavy atom. The first-order chi connectivity index (χ1) is 12.4. The summed E-state index contributed by atoms with van der Waals surface area (Å²) in [6, 6.07) is 5.83. The summed E-state index contributed by atoms with van der Waals surface area (Å²) in [5.41, 5.74) is 0.769. The van der Waals surface area contributed by atoms with E-state index in [0.717, 1.165) is 5.56 Å². The molecule has 1 fully saturated rings. The minimum atomic E-state index is -0.859. The molecule has 0 radical (unpaired) electrons. The summed E-state index contributed by atoms with van der Waals surface area (Å²) in [6.07, 6.45) is 2.31. The smallest absolute Gasteiger partial charge is 0.306 e. The molecule has 0 saturated heterocycles. The summed E-state index contributed by atoms with van der Waals surface area (Å²) >= 11 is 0. The summed E-state index contributed by atoms with van der Waals surface area (Å²) in [5.74, 6) is -2.47. The van der Waals surface area contributed by atoms with Crippen LogP contribution in [0.15, 0.2) is 24.3 Å². The van der Waals surface area contributed by atoms with Gasteiger partial charge in [-0.2, -0.15) is 0 Å². The number of aliphatic carboxylic acids is 1. The Morgan fingerprint density at radius 2 is 1.85 bits per heavy atom.